The highest BCUT2D eigenvalue weighted by Crippen LogP contribution is 2.33. The number of para-hydroxylation sites is 1. The highest BCUT2D eigenvalue weighted by Gasteiger charge is 2.09. The van der Waals surface area contributed by atoms with E-state index in [1.807, 2.05) is 31.2 Å². The van der Waals surface area contributed by atoms with Gasteiger partial charge in [-0.25, -0.2) is 5.43 Å². The molecule has 2 aromatic carbocycles. The standard InChI is InChI=1S/C17H15Cl3N2O3/c1-2-24-15-6-4-3-5-11(15)9-21-22-17(23)10-25-16-8-13(19)12(18)7-14(16)20/h3-9H,2,10H2,1H3,(H,22,23)/b21-9+. The van der Waals surface area contributed by atoms with E-state index >= 15 is 0 Å². The zero-order valence-corrected chi connectivity index (χ0v) is 15.5. The van der Waals surface area contributed by atoms with Crippen molar-refractivity contribution in [3.8, 4) is 11.5 Å². The summed E-state index contributed by atoms with van der Waals surface area (Å²) in [5, 5.41) is 4.74. The molecule has 2 aromatic rings. The molecule has 0 aliphatic heterocycles. The first-order valence-electron chi connectivity index (χ1n) is 7.32. The molecule has 0 saturated heterocycles. The summed E-state index contributed by atoms with van der Waals surface area (Å²) in [6.07, 6.45) is 1.50. The van der Waals surface area contributed by atoms with Gasteiger partial charge in [0, 0.05) is 11.6 Å². The van der Waals surface area contributed by atoms with Crippen molar-refractivity contribution in [1.82, 2.24) is 5.43 Å². The first-order chi connectivity index (χ1) is 12.0. The van der Waals surface area contributed by atoms with Crippen molar-refractivity contribution in [3.63, 3.8) is 0 Å². The largest absolute Gasteiger partial charge is 0.493 e. The molecule has 0 aromatic heterocycles. The second kappa shape index (κ2) is 9.51. The molecule has 2 rings (SSSR count). The van der Waals surface area contributed by atoms with Gasteiger partial charge in [0.1, 0.15) is 11.5 Å². The van der Waals surface area contributed by atoms with Crippen LogP contribution in [-0.4, -0.2) is 25.3 Å². The number of nitrogens with zero attached hydrogens (tertiary/aromatic N) is 1. The zero-order valence-electron chi connectivity index (χ0n) is 13.3. The van der Waals surface area contributed by atoms with Crippen LogP contribution in [0.15, 0.2) is 41.5 Å². The van der Waals surface area contributed by atoms with Crippen LogP contribution in [0.4, 0.5) is 0 Å². The number of benzene rings is 2. The molecule has 0 aliphatic rings. The number of hydrogen-bond donors (Lipinski definition) is 1. The number of carbonyl (C=O) groups excluding carboxylic acids is 1. The van der Waals surface area contributed by atoms with E-state index in [1.54, 1.807) is 0 Å². The second-order valence-electron chi connectivity index (χ2n) is 4.75. The molecule has 0 heterocycles. The Kier molecular flexibility index (Phi) is 7.37. The fourth-order valence-electron chi connectivity index (χ4n) is 1.84. The van der Waals surface area contributed by atoms with Crippen molar-refractivity contribution in [3.05, 3.63) is 57.0 Å². The van der Waals surface area contributed by atoms with Crippen LogP contribution in [0.2, 0.25) is 15.1 Å². The summed E-state index contributed by atoms with van der Waals surface area (Å²) in [7, 11) is 0. The van der Waals surface area contributed by atoms with E-state index in [2.05, 4.69) is 10.5 Å². The number of ether oxygens (including phenoxy) is 2. The van der Waals surface area contributed by atoms with Gasteiger partial charge in [-0.05, 0) is 25.1 Å². The summed E-state index contributed by atoms with van der Waals surface area (Å²) in [6.45, 7) is 2.15. The average Bonchev–Trinajstić information content (AvgIpc) is 2.59. The third kappa shape index (κ3) is 5.81. The van der Waals surface area contributed by atoms with Gasteiger partial charge in [-0.1, -0.05) is 46.9 Å². The van der Waals surface area contributed by atoms with Gasteiger partial charge in [-0.15, -0.1) is 0 Å². The molecule has 8 heteroatoms. The summed E-state index contributed by atoms with van der Waals surface area (Å²) in [4.78, 5) is 11.8. The molecule has 1 N–H and O–H groups in total. The third-order valence-electron chi connectivity index (χ3n) is 2.95. The third-order valence-corrected chi connectivity index (χ3v) is 3.96. The first-order valence-corrected chi connectivity index (χ1v) is 8.45. The van der Waals surface area contributed by atoms with Crippen molar-refractivity contribution in [2.75, 3.05) is 13.2 Å². The van der Waals surface area contributed by atoms with Gasteiger partial charge in [-0.3, -0.25) is 4.79 Å². The van der Waals surface area contributed by atoms with Crippen LogP contribution in [0, 0.1) is 0 Å². The Bertz CT molecular complexity index is 782. The summed E-state index contributed by atoms with van der Waals surface area (Å²) in [5.74, 6) is 0.492. The van der Waals surface area contributed by atoms with Crippen LogP contribution < -0.4 is 14.9 Å². The van der Waals surface area contributed by atoms with E-state index in [1.165, 1.54) is 18.3 Å². The normalized spacial score (nSPS) is 10.7. The molecule has 0 bridgehead atoms. The Hall–Kier alpha value is -1.95. The maximum atomic E-state index is 11.8. The summed E-state index contributed by atoms with van der Waals surface area (Å²) in [5.41, 5.74) is 3.11. The first kappa shape index (κ1) is 19.4. The summed E-state index contributed by atoms with van der Waals surface area (Å²) in [6, 6.07) is 10.2. The van der Waals surface area contributed by atoms with Gasteiger partial charge < -0.3 is 9.47 Å². The van der Waals surface area contributed by atoms with Gasteiger partial charge >= 0.3 is 0 Å². The molecule has 0 saturated carbocycles. The molecule has 0 radical (unpaired) electrons. The molecule has 25 heavy (non-hydrogen) atoms. The number of nitrogens with one attached hydrogen (secondary N) is 1. The number of hydrogen-bond acceptors (Lipinski definition) is 4. The Labute approximate surface area is 160 Å². The average molecular weight is 402 g/mol. The molecule has 1 amide bonds. The number of carbonyl (C=O) groups is 1. The number of rotatable bonds is 7. The Morgan fingerprint density at radius 2 is 1.80 bits per heavy atom. The van der Waals surface area contributed by atoms with Crippen LogP contribution in [0.1, 0.15) is 12.5 Å². The van der Waals surface area contributed by atoms with E-state index in [0.717, 1.165) is 5.56 Å². The summed E-state index contributed by atoms with van der Waals surface area (Å²) >= 11 is 17.7. The lowest BCUT2D eigenvalue weighted by Gasteiger charge is -2.08. The summed E-state index contributed by atoms with van der Waals surface area (Å²) < 4.78 is 10.8. The Morgan fingerprint density at radius 1 is 1.08 bits per heavy atom. The van der Waals surface area contributed by atoms with Crippen LogP contribution in [-0.2, 0) is 4.79 Å². The predicted octanol–water partition coefficient (Wildman–Crippen LogP) is 4.57. The van der Waals surface area contributed by atoms with Gasteiger partial charge in [0.2, 0.25) is 0 Å². The van der Waals surface area contributed by atoms with Crippen LogP contribution in [0.25, 0.3) is 0 Å². The molecule has 0 aliphatic carbocycles. The van der Waals surface area contributed by atoms with E-state index < -0.39 is 5.91 Å². The Balaban J connectivity index is 1.90. The fourth-order valence-corrected chi connectivity index (χ4v) is 2.43. The van der Waals surface area contributed by atoms with Crippen LogP contribution in [0.5, 0.6) is 11.5 Å². The molecule has 0 atom stereocenters. The molecular formula is C17H15Cl3N2O3. The van der Waals surface area contributed by atoms with Crippen LogP contribution in [0.3, 0.4) is 0 Å². The lowest BCUT2D eigenvalue weighted by Crippen LogP contribution is -2.24. The lowest BCUT2D eigenvalue weighted by atomic mass is 10.2. The van der Waals surface area contributed by atoms with Crippen molar-refractivity contribution in [1.29, 1.82) is 0 Å². The van der Waals surface area contributed by atoms with Crippen molar-refractivity contribution in [2.45, 2.75) is 6.92 Å². The minimum Gasteiger partial charge on any atom is -0.493 e. The highest BCUT2D eigenvalue weighted by atomic mass is 35.5. The molecule has 0 unspecified atom stereocenters. The smallest absolute Gasteiger partial charge is 0.277 e. The van der Waals surface area contributed by atoms with Gasteiger partial charge in [0.25, 0.3) is 5.91 Å². The van der Waals surface area contributed by atoms with E-state index in [0.29, 0.717) is 17.4 Å². The zero-order chi connectivity index (χ0) is 18.2. The quantitative estimate of drug-likeness (QED) is 0.420. The van der Waals surface area contributed by atoms with E-state index in [9.17, 15) is 4.79 Å². The van der Waals surface area contributed by atoms with Crippen molar-refractivity contribution in [2.24, 2.45) is 5.10 Å². The fraction of sp³-hybridized carbons (Fsp3) is 0.176. The number of hydrazone groups is 1. The number of amides is 1. The maximum Gasteiger partial charge on any atom is 0.277 e. The minimum atomic E-state index is -0.452. The van der Waals surface area contributed by atoms with Crippen LogP contribution >= 0.6 is 34.8 Å². The topological polar surface area (TPSA) is 59.9 Å². The molecule has 5 nitrogen and oxygen atoms in total. The highest BCUT2D eigenvalue weighted by molar-refractivity contribution is 6.43. The van der Waals surface area contributed by atoms with Gasteiger partial charge in [0.15, 0.2) is 6.61 Å². The molecular weight excluding hydrogens is 387 g/mol. The SMILES string of the molecule is CCOc1ccccc1/C=N/NC(=O)COc1cc(Cl)c(Cl)cc1Cl. The van der Waals surface area contributed by atoms with Gasteiger partial charge in [-0.2, -0.15) is 5.10 Å². The maximum absolute atomic E-state index is 11.8. The van der Waals surface area contributed by atoms with Crippen molar-refractivity contribution >= 4 is 46.9 Å². The van der Waals surface area contributed by atoms with E-state index in [-0.39, 0.29) is 22.4 Å². The second-order valence-corrected chi connectivity index (χ2v) is 5.97. The molecule has 132 valence electrons. The molecule has 0 spiro atoms. The minimum absolute atomic E-state index is 0.261. The number of halogens is 3. The van der Waals surface area contributed by atoms with Crippen molar-refractivity contribution < 1.29 is 14.3 Å². The van der Waals surface area contributed by atoms with E-state index in [4.69, 9.17) is 44.3 Å². The van der Waals surface area contributed by atoms with Gasteiger partial charge in [0.05, 0.1) is 27.9 Å². The Morgan fingerprint density at radius 3 is 2.56 bits per heavy atom. The monoisotopic (exact) mass is 400 g/mol. The molecule has 0 fully saturated rings. The predicted molar refractivity (Wildman–Crippen MR) is 100 cm³/mol. The lowest BCUT2D eigenvalue weighted by molar-refractivity contribution is -0.123.